The maximum absolute atomic E-state index is 13.2. The first-order valence-corrected chi connectivity index (χ1v) is 12.9. The number of rotatable bonds is 8. The number of carbonyl (C=O) groups excluding carboxylic acids is 2. The number of hydrogen-bond acceptors (Lipinski definition) is 6. The van der Waals surface area contributed by atoms with Gasteiger partial charge < -0.3 is 9.80 Å². The molecule has 0 N–H and O–H groups in total. The lowest BCUT2D eigenvalue weighted by Crippen LogP contribution is -2.64. The van der Waals surface area contributed by atoms with Crippen LogP contribution in [-0.4, -0.2) is 108 Å². The highest BCUT2D eigenvalue weighted by atomic mass is 16.2. The zero-order chi connectivity index (χ0) is 25.1. The minimum atomic E-state index is -0.452. The van der Waals surface area contributed by atoms with Gasteiger partial charge in [0.25, 0.3) is 5.91 Å². The number of aliphatic imine (C=N–C) groups is 1. The molecule has 190 valence electrons. The third-order valence-electron chi connectivity index (χ3n) is 7.59. The van der Waals surface area contributed by atoms with Gasteiger partial charge >= 0.3 is 6.03 Å². The molecule has 2 unspecified atom stereocenters. The number of hydrogen-bond donors (Lipinski definition) is 0. The normalized spacial score (nSPS) is 23.3. The molecule has 0 bridgehead atoms. The number of urea groups is 1. The van der Waals surface area contributed by atoms with E-state index in [1.807, 2.05) is 6.07 Å². The highest BCUT2D eigenvalue weighted by molar-refractivity contribution is 6.04. The van der Waals surface area contributed by atoms with E-state index in [9.17, 15) is 9.59 Å². The summed E-state index contributed by atoms with van der Waals surface area (Å²) in [4.78, 5) is 40.7. The van der Waals surface area contributed by atoms with E-state index in [-0.39, 0.29) is 11.9 Å². The van der Waals surface area contributed by atoms with Crippen LogP contribution in [-0.2, 0) is 17.8 Å². The monoisotopic (exact) mass is 488 g/mol. The van der Waals surface area contributed by atoms with E-state index >= 15 is 0 Å². The number of piperazine rings is 1. The number of imide groups is 1. The van der Waals surface area contributed by atoms with Crippen molar-refractivity contribution in [1.29, 1.82) is 0 Å². The highest BCUT2D eigenvalue weighted by Crippen LogP contribution is 2.28. The summed E-state index contributed by atoms with van der Waals surface area (Å²) < 4.78 is 0. The van der Waals surface area contributed by atoms with Crippen molar-refractivity contribution in [3.05, 3.63) is 71.8 Å². The van der Waals surface area contributed by atoms with Gasteiger partial charge in [-0.2, -0.15) is 0 Å². The summed E-state index contributed by atoms with van der Waals surface area (Å²) in [6.07, 6.45) is 1.41. The number of benzene rings is 2. The van der Waals surface area contributed by atoms with Crippen molar-refractivity contribution in [1.82, 2.24) is 24.5 Å². The van der Waals surface area contributed by atoms with Crippen LogP contribution in [0.2, 0.25) is 0 Å². The lowest BCUT2D eigenvalue weighted by Gasteiger charge is -2.40. The van der Waals surface area contributed by atoms with Crippen molar-refractivity contribution in [2.24, 2.45) is 4.99 Å². The summed E-state index contributed by atoms with van der Waals surface area (Å²) in [5.41, 5.74) is 2.63. The molecule has 3 aliphatic heterocycles. The second-order valence-corrected chi connectivity index (χ2v) is 10.0. The van der Waals surface area contributed by atoms with Crippen LogP contribution in [0.3, 0.4) is 0 Å². The van der Waals surface area contributed by atoms with Crippen molar-refractivity contribution in [3.8, 4) is 0 Å². The number of carbonyl (C=O) groups is 2. The molecule has 0 aliphatic carbocycles. The van der Waals surface area contributed by atoms with Gasteiger partial charge in [0.2, 0.25) is 0 Å². The topological polar surface area (TPSA) is 62.7 Å². The summed E-state index contributed by atoms with van der Waals surface area (Å²) in [5.74, 6) is 0.770. The maximum Gasteiger partial charge on any atom is 0.328 e. The summed E-state index contributed by atoms with van der Waals surface area (Å²) in [6, 6.07) is 20.3. The third-order valence-corrected chi connectivity index (χ3v) is 7.59. The van der Waals surface area contributed by atoms with Crippen LogP contribution in [0, 0.1) is 0 Å². The van der Waals surface area contributed by atoms with Crippen molar-refractivity contribution < 1.29 is 9.59 Å². The Kier molecular flexibility index (Phi) is 7.34. The van der Waals surface area contributed by atoms with Gasteiger partial charge in [0.1, 0.15) is 5.84 Å². The van der Waals surface area contributed by atoms with E-state index in [0.717, 1.165) is 57.9 Å². The van der Waals surface area contributed by atoms with E-state index in [2.05, 4.69) is 69.3 Å². The van der Waals surface area contributed by atoms with Crippen LogP contribution in [0.15, 0.2) is 65.7 Å². The molecule has 0 saturated carbocycles. The Morgan fingerprint density at radius 2 is 1.39 bits per heavy atom. The van der Waals surface area contributed by atoms with Gasteiger partial charge in [-0.25, -0.2) is 9.79 Å². The van der Waals surface area contributed by atoms with E-state index in [4.69, 9.17) is 4.99 Å². The lowest BCUT2D eigenvalue weighted by molar-refractivity contribution is -0.136. The minimum Gasteiger partial charge on any atom is -0.344 e. The number of fused-ring (bicyclic) bond motifs is 1. The predicted octanol–water partition coefficient (Wildman–Crippen LogP) is 2.37. The van der Waals surface area contributed by atoms with Gasteiger partial charge in [-0.3, -0.25) is 19.5 Å². The standard InChI is InChI=1S/C28H36N6O2/c1-30-26-25(27(35)31(2)28(30)36)34(15-9-14-22-10-5-3-6-11-22)24(29-26)21-33-18-16-32(17-19-33)20-23-12-7-4-8-13-23/h3-8,10-13,25-26H,9,14-21H2,1-2H3. The summed E-state index contributed by atoms with van der Waals surface area (Å²) in [7, 11) is 3.32. The molecule has 8 nitrogen and oxygen atoms in total. The fraction of sp³-hybridized carbons (Fsp3) is 0.464. The Morgan fingerprint density at radius 3 is 2.03 bits per heavy atom. The minimum absolute atomic E-state index is 0.158. The SMILES string of the molecule is CN1C(=O)C2C(N=C(CN3CCN(Cc4ccccc4)CC3)N2CCCc2ccccc2)N(C)C1=O. The first-order chi connectivity index (χ1) is 17.5. The van der Waals surface area contributed by atoms with E-state index < -0.39 is 12.2 Å². The molecule has 3 heterocycles. The molecule has 36 heavy (non-hydrogen) atoms. The smallest absolute Gasteiger partial charge is 0.328 e. The number of likely N-dealkylation sites (N-methyl/N-ethyl adjacent to an activating group) is 2. The van der Waals surface area contributed by atoms with Crippen LogP contribution in [0.4, 0.5) is 4.79 Å². The van der Waals surface area contributed by atoms with Crippen LogP contribution < -0.4 is 0 Å². The fourth-order valence-electron chi connectivity index (χ4n) is 5.47. The Hall–Kier alpha value is -3.23. The van der Waals surface area contributed by atoms with Gasteiger partial charge in [0.05, 0.1) is 6.54 Å². The molecule has 8 heteroatoms. The van der Waals surface area contributed by atoms with Crippen LogP contribution in [0.1, 0.15) is 17.5 Å². The first-order valence-electron chi connectivity index (χ1n) is 12.9. The summed E-state index contributed by atoms with van der Waals surface area (Å²) in [6.45, 7) is 6.34. The average Bonchev–Trinajstić information content (AvgIpc) is 3.26. The van der Waals surface area contributed by atoms with Crippen molar-refractivity contribution in [2.75, 3.05) is 53.4 Å². The highest BCUT2D eigenvalue weighted by Gasteiger charge is 2.50. The van der Waals surface area contributed by atoms with Crippen molar-refractivity contribution in [2.45, 2.75) is 31.6 Å². The fourth-order valence-corrected chi connectivity index (χ4v) is 5.47. The van der Waals surface area contributed by atoms with Crippen LogP contribution in [0.5, 0.6) is 0 Å². The predicted molar refractivity (Wildman–Crippen MR) is 141 cm³/mol. The van der Waals surface area contributed by atoms with E-state index in [1.165, 1.54) is 16.0 Å². The second kappa shape index (κ2) is 10.8. The number of aryl methyl sites for hydroxylation is 1. The average molecular weight is 489 g/mol. The largest absolute Gasteiger partial charge is 0.344 e. The zero-order valence-corrected chi connectivity index (χ0v) is 21.3. The Balaban J connectivity index is 1.25. The van der Waals surface area contributed by atoms with Crippen molar-refractivity contribution in [3.63, 3.8) is 0 Å². The summed E-state index contributed by atoms with van der Waals surface area (Å²) in [5, 5.41) is 0. The molecule has 0 aromatic heterocycles. The van der Waals surface area contributed by atoms with Gasteiger partial charge in [-0.1, -0.05) is 60.7 Å². The zero-order valence-electron chi connectivity index (χ0n) is 21.3. The van der Waals surface area contributed by atoms with Gasteiger partial charge in [-0.15, -0.1) is 0 Å². The number of nitrogens with zero attached hydrogens (tertiary/aromatic N) is 6. The maximum atomic E-state index is 13.2. The van der Waals surface area contributed by atoms with Gasteiger partial charge in [0.15, 0.2) is 12.2 Å². The molecule has 2 saturated heterocycles. The molecule has 2 aromatic rings. The number of amidine groups is 1. The molecule has 2 fully saturated rings. The van der Waals surface area contributed by atoms with Gasteiger partial charge in [0, 0.05) is 53.4 Å². The first kappa shape index (κ1) is 24.5. The Bertz CT molecular complexity index is 1080. The number of amides is 3. The summed E-state index contributed by atoms with van der Waals surface area (Å²) >= 11 is 0. The van der Waals surface area contributed by atoms with Crippen LogP contribution >= 0.6 is 0 Å². The lowest BCUT2D eigenvalue weighted by atomic mass is 10.1. The van der Waals surface area contributed by atoms with Gasteiger partial charge in [-0.05, 0) is 24.0 Å². The molecular formula is C28H36N6O2. The molecule has 0 spiro atoms. The molecule has 3 aliphatic rings. The third kappa shape index (κ3) is 5.15. The molecule has 3 amide bonds. The van der Waals surface area contributed by atoms with Crippen molar-refractivity contribution >= 4 is 17.8 Å². The molecular weight excluding hydrogens is 452 g/mol. The van der Waals surface area contributed by atoms with E-state index in [1.54, 1.807) is 19.0 Å². The molecule has 2 atom stereocenters. The molecule has 2 aromatic carbocycles. The molecule has 0 radical (unpaired) electrons. The second-order valence-electron chi connectivity index (χ2n) is 10.0. The quantitative estimate of drug-likeness (QED) is 0.571. The Labute approximate surface area is 213 Å². The van der Waals surface area contributed by atoms with Crippen LogP contribution in [0.25, 0.3) is 0 Å². The Morgan fingerprint density at radius 1 is 0.806 bits per heavy atom. The van der Waals surface area contributed by atoms with E-state index in [0.29, 0.717) is 6.54 Å². The molecule has 5 rings (SSSR count).